The third-order valence-corrected chi connectivity index (χ3v) is 3.73. The summed E-state index contributed by atoms with van der Waals surface area (Å²) in [5.74, 6) is -1.15. The average Bonchev–Trinajstić information content (AvgIpc) is 3.04. The van der Waals surface area contributed by atoms with Gasteiger partial charge >= 0.3 is 12.0 Å². The Bertz CT molecular complexity index is 702. The van der Waals surface area contributed by atoms with Crippen LogP contribution >= 0.6 is 0 Å². The summed E-state index contributed by atoms with van der Waals surface area (Å²) in [5, 5.41) is 4.61. The second kappa shape index (κ2) is 8.98. The SMILES string of the molecule is CC(C)CNC(=O)NC(=O)COC(=O)c1cccc(N2CCCC2=O)c1. The van der Waals surface area contributed by atoms with E-state index in [0.29, 0.717) is 25.2 Å². The van der Waals surface area contributed by atoms with E-state index in [1.165, 1.54) is 0 Å². The van der Waals surface area contributed by atoms with Crippen molar-refractivity contribution in [2.24, 2.45) is 5.92 Å². The van der Waals surface area contributed by atoms with Crippen molar-refractivity contribution in [2.45, 2.75) is 26.7 Å². The predicted octanol–water partition coefficient (Wildman–Crippen LogP) is 1.45. The molecule has 0 unspecified atom stereocenters. The smallest absolute Gasteiger partial charge is 0.338 e. The highest BCUT2D eigenvalue weighted by molar-refractivity contribution is 5.99. The minimum atomic E-state index is -0.717. The lowest BCUT2D eigenvalue weighted by molar-refractivity contribution is -0.123. The standard InChI is InChI=1S/C18H23N3O5/c1-12(2)10-19-18(25)20-15(22)11-26-17(24)13-5-3-6-14(9-13)21-8-4-7-16(21)23/h3,5-6,9,12H,4,7-8,10-11H2,1-2H3,(H2,19,20,22,25). The molecule has 0 radical (unpaired) electrons. The van der Waals surface area contributed by atoms with E-state index in [0.717, 1.165) is 6.42 Å². The Labute approximate surface area is 151 Å². The first kappa shape index (κ1) is 19.4. The first-order valence-electron chi connectivity index (χ1n) is 8.52. The third kappa shape index (κ3) is 5.58. The maximum Gasteiger partial charge on any atom is 0.338 e. The first-order chi connectivity index (χ1) is 12.4. The number of nitrogens with zero attached hydrogens (tertiary/aromatic N) is 1. The Kier molecular flexibility index (Phi) is 6.71. The van der Waals surface area contributed by atoms with Gasteiger partial charge in [-0.1, -0.05) is 19.9 Å². The normalized spacial score (nSPS) is 13.7. The minimum Gasteiger partial charge on any atom is -0.452 e. The summed E-state index contributed by atoms with van der Waals surface area (Å²) in [5.41, 5.74) is 0.860. The van der Waals surface area contributed by atoms with Crippen molar-refractivity contribution in [3.8, 4) is 0 Å². The number of anilines is 1. The number of imide groups is 1. The number of urea groups is 1. The van der Waals surface area contributed by atoms with Gasteiger partial charge in [-0.15, -0.1) is 0 Å². The van der Waals surface area contributed by atoms with Gasteiger partial charge < -0.3 is 15.0 Å². The number of hydrogen-bond donors (Lipinski definition) is 2. The molecule has 0 atom stereocenters. The van der Waals surface area contributed by atoms with E-state index in [9.17, 15) is 19.2 Å². The molecule has 8 heteroatoms. The largest absolute Gasteiger partial charge is 0.452 e. The number of amides is 4. The van der Waals surface area contributed by atoms with Crippen molar-refractivity contribution in [3.63, 3.8) is 0 Å². The van der Waals surface area contributed by atoms with Crippen LogP contribution in [0.1, 0.15) is 37.0 Å². The second-order valence-electron chi connectivity index (χ2n) is 6.43. The molecule has 0 aromatic heterocycles. The number of esters is 1. The zero-order valence-corrected chi connectivity index (χ0v) is 14.9. The van der Waals surface area contributed by atoms with E-state index in [4.69, 9.17) is 4.74 Å². The molecule has 140 valence electrons. The van der Waals surface area contributed by atoms with Gasteiger partial charge in [0.15, 0.2) is 6.61 Å². The Morgan fingerprint density at radius 3 is 2.69 bits per heavy atom. The quantitative estimate of drug-likeness (QED) is 0.746. The van der Waals surface area contributed by atoms with Crippen molar-refractivity contribution >= 4 is 29.5 Å². The number of hydrogen-bond acceptors (Lipinski definition) is 5. The number of carbonyl (C=O) groups excluding carboxylic acids is 4. The van der Waals surface area contributed by atoms with Crippen molar-refractivity contribution in [1.82, 2.24) is 10.6 Å². The second-order valence-corrected chi connectivity index (χ2v) is 6.43. The van der Waals surface area contributed by atoms with E-state index < -0.39 is 24.5 Å². The summed E-state index contributed by atoms with van der Waals surface area (Å²) >= 11 is 0. The summed E-state index contributed by atoms with van der Waals surface area (Å²) in [4.78, 5) is 48.6. The van der Waals surface area contributed by atoms with E-state index in [-0.39, 0.29) is 17.4 Å². The molecule has 1 aromatic rings. The molecule has 1 aliphatic rings. The van der Waals surface area contributed by atoms with E-state index >= 15 is 0 Å². The molecule has 1 aromatic carbocycles. The van der Waals surface area contributed by atoms with Gasteiger partial charge in [0.25, 0.3) is 5.91 Å². The Morgan fingerprint density at radius 2 is 2.04 bits per heavy atom. The highest BCUT2D eigenvalue weighted by Gasteiger charge is 2.22. The summed E-state index contributed by atoms with van der Waals surface area (Å²) in [6, 6.07) is 5.86. The zero-order valence-electron chi connectivity index (χ0n) is 14.9. The molecule has 1 heterocycles. The molecule has 0 spiro atoms. The van der Waals surface area contributed by atoms with Crippen LogP contribution in [0.25, 0.3) is 0 Å². The van der Waals surface area contributed by atoms with Crippen LogP contribution in [0.15, 0.2) is 24.3 Å². The fourth-order valence-electron chi connectivity index (χ4n) is 2.44. The monoisotopic (exact) mass is 361 g/mol. The van der Waals surface area contributed by atoms with Crippen LogP contribution in [0.5, 0.6) is 0 Å². The lowest BCUT2D eigenvalue weighted by atomic mass is 10.2. The number of ether oxygens (including phenoxy) is 1. The van der Waals surface area contributed by atoms with Crippen LogP contribution in [0.4, 0.5) is 10.5 Å². The van der Waals surface area contributed by atoms with Crippen LogP contribution in [-0.2, 0) is 14.3 Å². The number of rotatable bonds is 6. The van der Waals surface area contributed by atoms with Crippen molar-refractivity contribution < 1.29 is 23.9 Å². The van der Waals surface area contributed by atoms with Gasteiger partial charge in [-0.25, -0.2) is 9.59 Å². The van der Waals surface area contributed by atoms with E-state index in [1.807, 2.05) is 13.8 Å². The highest BCUT2D eigenvalue weighted by atomic mass is 16.5. The molecule has 1 fully saturated rings. The van der Waals surface area contributed by atoms with Crippen LogP contribution < -0.4 is 15.5 Å². The fraction of sp³-hybridized carbons (Fsp3) is 0.444. The number of benzene rings is 1. The summed E-state index contributed by atoms with van der Waals surface area (Å²) in [6.07, 6.45) is 1.28. The molecule has 2 rings (SSSR count). The molecule has 8 nitrogen and oxygen atoms in total. The lowest BCUT2D eigenvalue weighted by Gasteiger charge is -2.16. The summed E-state index contributed by atoms with van der Waals surface area (Å²) < 4.78 is 4.93. The van der Waals surface area contributed by atoms with Gasteiger partial charge in [-0.2, -0.15) is 0 Å². The molecule has 4 amide bonds. The first-order valence-corrected chi connectivity index (χ1v) is 8.52. The topological polar surface area (TPSA) is 105 Å². The fourth-order valence-corrected chi connectivity index (χ4v) is 2.44. The summed E-state index contributed by atoms with van der Waals surface area (Å²) in [6.45, 7) is 4.33. The van der Waals surface area contributed by atoms with Gasteiger partial charge in [0, 0.05) is 25.2 Å². The highest BCUT2D eigenvalue weighted by Crippen LogP contribution is 2.22. The van der Waals surface area contributed by atoms with Crippen molar-refractivity contribution in [3.05, 3.63) is 29.8 Å². The van der Waals surface area contributed by atoms with Crippen LogP contribution in [0, 0.1) is 5.92 Å². The Morgan fingerprint density at radius 1 is 1.27 bits per heavy atom. The average molecular weight is 361 g/mol. The van der Waals surface area contributed by atoms with Gasteiger partial charge in [0.05, 0.1) is 5.56 Å². The molecule has 2 N–H and O–H groups in total. The molecule has 1 aliphatic heterocycles. The van der Waals surface area contributed by atoms with E-state index in [1.54, 1.807) is 29.2 Å². The number of carbonyl (C=O) groups is 4. The van der Waals surface area contributed by atoms with Gasteiger partial charge in [-0.3, -0.25) is 14.9 Å². The van der Waals surface area contributed by atoms with Gasteiger partial charge in [0.2, 0.25) is 5.91 Å². The minimum absolute atomic E-state index is 0.0160. The van der Waals surface area contributed by atoms with Crippen molar-refractivity contribution in [1.29, 1.82) is 0 Å². The maximum absolute atomic E-state index is 12.1. The molecule has 0 saturated carbocycles. The lowest BCUT2D eigenvalue weighted by Crippen LogP contribution is -2.42. The maximum atomic E-state index is 12.1. The molecule has 1 saturated heterocycles. The molecule has 26 heavy (non-hydrogen) atoms. The van der Waals surface area contributed by atoms with Gasteiger partial charge in [0.1, 0.15) is 0 Å². The molecular weight excluding hydrogens is 338 g/mol. The number of nitrogens with one attached hydrogen (secondary N) is 2. The van der Waals surface area contributed by atoms with E-state index in [2.05, 4.69) is 10.6 Å². The van der Waals surface area contributed by atoms with Crippen molar-refractivity contribution in [2.75, 3.05) is 24.6 Å². The summed E-state index contributed by atoms with van der Waals surface area (Å²) in [7, 11) is 0. The predicted molar refractivity (Wildman–Crippen MR) is 94.7 cm³/mol. The molecular formula is C18H23N3O5. The van der Waals surface area contributed by atoms with Crippen LogP contribution in [0.3, 0.4) is 0 Å². The van der Waals surface area contributed by atoms with Gasteiger partial charge in [-0.05, 0) is 30.5 Å². The Balaban J connectivity index is 1.85. The van der Waals surface area contributed by atoms with Crippen LogP contribution in [-0.4, -0.2) is 43.5 Å². The molecule has 0 bridgehead atoms. The zero-order chi connectivity index (χ0) is 19.1. The third-order valence-electron chi connectivity index (χ3n) is 3.73. The van der Waals surface area contributed by atoms with Crippen LogP contribution in [0.2, 0.25) is 0 Å². The molecule has 0 aliphatic carbocycles. The Hall–Kier alpha value is -2.90.